The lowest BCUT2D eigenvalue weighted by Gasteiger charge is -2.29. The van der Waals surface area contributed by atoms with Crippen molar-refractivity contribution in [3.8, 4) is 0 Å². The Hall–Kier alpha value is -0.860. The molecule has 0 bridgehead atoms. The van der Waals surface area contributed by atoms with Crippen molar-refractivity contribution in [1.82, 2.24) is 9.80 Å². The average Bonchev–Trinajstić information content (AvgIpc) is 2.64. The number of likely N-dealkylation sites (N-methyl/N-ethyl adjacent to an activating group) is 2. The molecule has 3 rings (SSSR count). The first kappa shape index (κ1) is 11.2. The first-order valence-corrected chi connectivity index (χ1v) is 6.78. The van der Waals surface area contributed by atoms with Gasteiger partial charge >= 0.3 is 0 Å². The van der Waals surface area contributed by atoms with E-state index in [1.807, 2.05) is 0 Å². The smallest absolute Gasteiger partial charge is 0.0887 e. The van der Waals surface area contributed by atoms with Gasteiger partial charge in [-0.15, -0.1) is 0 Å². The molecule has 1 aromatic carbocycles. The van der Waals surface area contributed by atoms with Crippen LogP contribution in [0.25, 0.3) is 0 Å². The molecular weight excluding hydrogens is 208 g/mol. The molecule has 2 heteroatoms. The molecular formula is C15H22N2. The Balaban J connectivity index is 1.90. The number of hydrogen-bond acceptors (Lipinski definition) is 2. The van der Waals surface area contributed by atoms with E-state index in [0.29, 0.717) is 6.17 Å². The molecule has 2 atom stereocenters. The summed E-state index contributed by atoms with van der Waals surface area (Å²) in [6, 6.07) is 12.4. The van der Waals surface area contributed by atoms with Crippen molar-refractivity contribution in [2.45, 2.75) is 43.9 Å². The molecule has 1 heterocycles. The van der Waals surface area contributed by atoms with E-state index >= 15 is 0 Å². The molecule has 1 aromatic rings. The van der Waals surface area contributed by atoms with Crippen LogP contribution in [0.4, 0.5) is 0 Å². The molecule has 2 aliphatic rings. The summed E-state index contributed by atoms with van der Waals surface area (Å²) >= 11 is 0. The van der Waals surface area contributed by atoms with Crippen molar-refractivity contribution in [1.29, 1.82) is 0 Å². The zero-order chi connectivity index (χ0) is 11.8. The van der Waals surface area contributed by atoms with Crippen molar-refractivity contribution in [3.05, 3.63) is 35.9 Å². The minimum atomic E-state index is 0.476. The normalized spacial score (nSPS) is 31.6. The van der Waals surface area contributed by atoms with Crippen LogP contribution >= 0.6 is 0 Å². The third-order valence-corrected chi connectivity index (χ3v) is 4.61. The molecule has 0 radical (unpaired) electrons. The maximum absolute atomic E-state index is 2.58. The maximum Gasteiger partial charge on any atom is 0.0887 e. The number of benzene rings is 1. The highest BCUT2D eigenvalue weighted by Crippen LogP contribution is 2.41. The van der Waals surface area contributed by atoms with Gasteiger partial charge < -0.3 is 0 Å². The van der Waals surface area contributed by atoms with Gasteiger partial charge in [0.25, 0.3) is 0 Å². The Labute approximate surface area is 104 Å². The van der Waals surface area contributed by atoms with Gasteiger partial charge in [-0.3, -0.25) is 9.80 Å². The highest BCUT2D eigenvalue weighted by molar-refractivity contribution is 5.21. The van der Waals surface area contributed by atoms with Crippen molar-refractivity contribution < 1.29 is 0 Å². The van der Waals surface area contributed by atoms with Crippen LogP contribution in [0, 0.1) is 0 Å². The maximum atomic E-state index is 2.58. The van der Waals surface area contributed by atoms with Crippen LogP contribution in [-0.2, 0) is 0 Å². The fourth-order valence-electron chi connectivity index (χ4n) is 3.79. The first-order valence-electron chi connectivity index (χ1n) is 6.78. The summed E-state index contributed by atoms with van der Waals surface area (Å²) in [5, 5.41) is 0. The topological polar surface area (TPSA) is 6.48 Å². The summed E-state index contributed by atoms with van der Waals surface area (Å²) in [6.07, 6.45) is 6.02. The average molecular weight is 230 g/mol. The summed E-state index contributed by atoms with van der Waals surface area (Å²) in [5.41, 5.74) is 1.44. The van der Waals surface area contributed by atoms with Crippen molar-refractivity contribution in [2.75, 3.05) is 14.1 Å². The molecule has 92 valence electrons. The van der Waals surface area contributed by atoms with Crippen LogP contribution in [0.3, 0.4) is 0 Å². The molecule has 0 amide bonds. The fourth-order valence-corrected chi connectivity index (χ4v) is 3.79. The zero-order valence-corrected chi connectivity index (χ0v) is 10.8. The van der Waals surface area contributed by atoms with E-state index in [2.05, 4.69) is 54.2 Å². The molecule has 0 spiro atoms. The molecule has 0 aromatic heterocycles. The van der Waals surface area contributed by atoms with Gasteiger partial charge in [-0.25, -0.2) is 0 Å². The van der Waals surface area contributed by atoms with Crippen molar-refractivity contribution in [3.63, 3.8) is 0 Å². The van der Waals surface area contributed by atoms with E-state index in [1.54, 1.807) is 0 Å². The molecule has 17 heavy (non-hydrogen) atoms. The van der Waals surface area contributed by atoms with Crippen LogP contribution < -0.4 is 0 Å². The van der Waals surface area contributed by atoms with E-state index in [-0.39, 0.29) is 0 Å². The van der Waals surface area contributed by atoms with Gasteiger partial charge in [0, 0.05) is 12.1 Å². The Morgan fingerprint density at radius 2 is 1.41 bits per heavy atom. The van der Waals surface area contributed by atoms with E-state index in [0.717, 1.165) is 12.1 Å². The van der Waals surface area contributed by atoms with Crippen LogP contribution in [0.15, 0.2) is 30.3 Å². The molecule has 1 aliphatic heterocycles. The third-order valence-electron chi connectivity index (χ3n) is 4.61. The molecule has 1 saturated heterocycles. The minimum Gasteiger partial charge on any atom is -0.283 e. The predicted octanol–water partition coefficient (Wildman–Crippen LogP) is 2.87. The van der Waals surface area contributed by atoms with Crippen LogP contribution in [0.2, 0.25) is 0 Å². The SMILES string of the molecule is CN1C(c2ccccc2)N(C)[C@H]2CCCC[C@@H]21. The minimum absolute atomic E-state index is 0.476. The van der Waals surface area contributed by atoms with Gasteiger partial charge in [0.05, 0.1) is 6.17 Å². The van der Waals surface area contributed by atoms with E-state index in [9.17, 15) is 0 Å². The second-order valence-corrected chi connectivity index (χ2v) is 5.53. The Morgan fingerprint density at radius 3 is 1.94 bits per heavy atom. The van der Waals surface area contributed by atoms with Crippen LogP contribution in [0.1, 0.15) is 37.4 Å². The summed E-state index contributed by atoms with van der Waals surface area (Å²) in [7, 11) is 4.59. The monoisotopic (exact) mass is 230 g/mol. The lowest BCUT2D eigenvalue weighted by atomic mass is 9.91. The Kier molecular flexibility index (Phi) is 2.93. The molecule has 2 fully saturated rings. The fraction of sp³-hybridized carbons (Fsp3) is 0.600. The number of nitrogens with zero attached hydrogens (tertiary/aromatic N) is 2. The Morgan fingerprint density at radius 1 is 0.882 bits per heavy atom. The Bertz CT molecular complexity index is 358. The van der Waals surface area contributed by atoms with Gasteiger partial charge in [-0.05, 0) is 32.5 Å². The lowest BCUT2D eigenvalue weighted by Crippen LogP contribution is -2.37. The second kappa shape index (κ2) is 4.43. The van der Waals surface area contributed by atoms with Crippen molar-refractivity contribution in [2.24, 2.45) is 0 Å². The summed E-state index contributed by atoms with van der Waals surface area (Å²) < 4.78 is 0. The molecule has 2 nitrogen and oxygen atoms in total. The highest BCUT2D eigenvalue weighted by Gasteiger charge is 2.44. The summed E-state index contributed by atoms with van der Waals surface area (Å²) in [6.45, 7) is 0. The van der Waals surface area contributed by atoms with Gasteiger partial charge in [-0.2, -0.15) is 0 Å². The molecule has 1 aliphatic carbocycles. The van der Waals surface area contributed by atoms with Crippen LogP contribution in [-0.4, -0.2) is 36.0 Å². The van der Waals surface area contributed by atoms with E-state index in [4.69, 9.17) is 0 Å². The van der Waals surface area contributed by atoms with Crippen LogP contribution in [0.5, 0.6) is 0 Å². The molecule has 0 N–H and O–H groups in total. The lowest BCUT2D eigenvalue weighted by molar-refractivity contribution is 0.164. The van der Waals surface area contributed by atoms with E-state index in [1.165, 1.54) is 31.2 Å². The number of rotatable bonds is 1. The largest absolute Gasteiger partial charge is 0.283 e. The van der Waals surface area contributed by atoms with Crippen molar-refractivity contribution >= 4 is 0 Å². The van der Waals surface area contributed by atoms with Gasteiger partial charge in [0.2, 0.25) is 0 Å². The highest BCUT2D eigenvalue weighted by atomic mass is 15.4. The summed E-state index contributed by atoms with van der Waals surface area (Å²) in [5.74, 6) is 0. The predicted molar refractivity (Wildman–Crippen MR) is 70.8 cm³/mol. The standard InChI is InChI=1S/C15H22N2/c1-16-13-10-6-7-11-14(13)17(2)15(16)12-8-4-3-5-9-12/h3-5,8-9,13-15H,6-7,10-11H2,1-2H3/t13-,14-/m0/s1. The first-order chi connectivity index (χ1) is 8.29. The van der Waals surface area contributed by atoms with Gasteiger partial charge in [0.1, 0.15) is 0 Å². The van der Waals surface area contributed by atoms with Gasteiger partial charge in [-0.1, -0.05) is 43.2 Å². The summed E-state index contributed by atoms with van der Waals surface area (Å²) in [4.78, 5) is 5.16. The molecule has 0 unspecified atom stereocenters. The molecule has 1 saturated carbocycles. The number of fused-ring (bicyclic) bond motifs is 1. The number of hydrogen-bond donors (Lipinski definition) is 0. The zero-order valence-electron chi connectivity index (χ0n) is 10.8. The second-order valence-electron chi connectivity index (χ2n) is 5.53. The quantitative estimate of drug-likeness (QED) is 0.732. The van der Waals surface area contributed by atoms with Gasteiger partial charge in [0.15, 0.2) is 0 Å². The third kappa shape index (κ3) is 1.80. The van der Waals surface area contributed by atoms with E-state index < -0.39 is 0 Å².